The summed E-state index contributed by atoms with van der Waals surface area (Å²) >= 11 is 0. The van der Waals surface area contributed by atoms with Crippen molar-refractivity contribution in [2.24, 2.45) is 5.92 Å². The third-order valence-corrected chi connectivity index (χ3v) is 6.34. The molecule has 0 radical (unpaired) electrons. The van der Waals surface area contributed by atoms with Crippen molar-refractivity contribution in [3.05, 3.63) is 30.1 Å². The van der Waals surface area contributed by atoms with Gasteiger partial charge in [-0.1, -0.05) is 13.0 Å². The van der Waals surface area contributed by atoms with Crippen LogP contribution in [0.5, 0.6) is 0 Å². The van der Waals surface area contributed by atoms with Crippen LogP contribution in [0.1, 0.15) is 51.1 Å². The maximum absolute atomic E-state index is 10.9. The summed E-state index contributed by atoms with van der Waals surface area (Å²) in [4.78, 5) is 9.42. The molecule has 1 N–H and O–H groups in total. The van der Waals surface area contributed by atoms with E-state index in [1.54, 1.807) is 0 Å². The topological polar surface area (TPSA) is 39.6 Å². The van der Waals surface area contributed by atoms with Gasteiger partial charge >= 0.3 is 0 Å². The van der Waals surface area contributed by atoms with E-state index in [1.807, 2.05) is 12.3 Å². The fourth-order valence-corrected chi connectivity index (χ4v) is 4.45. The van der Waals surface area contributed by atoms with Crippen molar-refractivity contribution in [3.8, 4) is 0 Å². The lowest BCUT2D eigenvalue weighted by molar-refractivity contribution is -0.0427. The standard InChI is InChI=1S/C21H35N3O/c1-18-6-11-21(25,12-7-18)17-23(2)20-9-15-24(16-10-20)14-8-19-5-3-4-13-22-19/h3-5,13,18,20,25H,6-12,14-17H2,1-2H3. The second-order valence-corrected chi connectivity index (χ2v) is 8.47. The Hall–Kier alpha value is -0.970. The number of nitrogens with zero attached hydrogens (tertiary/aromatic N) is 3. The van der Waals surface area contributed by atoms with E-state index < -0.39 is 5.60 Å². The van der Waals surface area contributed by atoms with Crippen molar-refractivity contribution >= 4 is 0 Å². The third kappa shape index (κ3) is 5.50. The Morgan fingerprint density at radius 1 is 1.20 bits per heavy atom. The van der Waals surface area contributed by atoms with Gasteiger partial charge in [0.1, 0.15) is 0 Å². The third-order valence-electron chi connectivity index (χ3n) is 6.34. The minimum atomic E-state index is -0.447. The van der Waals surface area contributed by atoms with Crippen LogP contribution in [-0.4, -0.2) is 64.8 Å². The van der Waals surface area contributed by atoms with Gasteiger partial charge in [-0.3, -0.25) is 4.98 Å². The molecule has 0 amide bonds. The van der Waals surface area contributed by atoms with Gasteiger partial charge in [-0.2, -0.15) is 0 Å². The Labute approximate surface area is 153 Å². The van der Waals surface area contributed by atoms with Gasteiger partial charge in [-0.15, -0.1) is 0 Å². The summed E-state index contributed by atoms with van der Waals surface area (Å²) in [6.07, 6.45) is 9.65. The summed E-state index contributed by atoms with van der Waals surface area (Å²) in [6.45, 7) is 6.59. The molecular formula is C21H35N3O. The van der Waals surface area contributed by atoms with E-state index >= 15 is 0 Å². The van der Waals surface area contributed by atoms with Crippen LogP contribution in [-0.2, 0) is 6.42 Å². The van der Waals surface area contributed by atoms with Crippen molar-refractivity contribution < 1.29 is 5.11 Å². The monoisotopic (exact) mass is 345 g/mol. The maximum atomic E-state index is 10.9. The van der Waals surface area contributed by atoms with Crippen LogP contribution < -0.4 is 0 Å². The highest BCUT2D eigenvalue weighted by atomic mass is 16.3. The van der Waals surface area contributed by atoms with E-state index in [0.717, 1.165) is 51.4 Å². The van der Waals surface area contributed by atoms with E-state index in [2.05, 4.69) is 40.9 Å². The number of likely N-dealkylation sites (tertiary alicyclic amines) is 1. The fourth-order valence-electron chi connectivity index (χ4n) is 4.45. The van der Waals surface area contributed by atoms with Gasteiger partial charge in [0, 0.05) is 37.4 Å². The van der Waals surface area contributed by atoms with E-state index in [9.17, 15) is 5.11 Å². The molecule has 4 nitrogen and oxygen atoms in total. The zero-order chi connectivity index (χ0) is 17.7. The molecule has 2 heterocycles. The number of aliphatic hydroxyl groups is 1. The zero-order valence-corrected chi connectivity index (χ0v) is 16.0. The molecule has 25 heavy (non-hydrogen) atoms. The Bertz CT molecular complexity index is 505. The average Bonchev–Trinajstić information content (AvgIpc) is 2.64. The molecule has 0 aromatic carbocycles. The van der Waals surface area contributed by atoms with Crippen molar-refractivity contribution in [1.29, 1.82) is 0 Å². The molecule has 0 unspecified atom stereocenters. The Kier molecular flexibility index (Phi) is 6.48. The van der Waals surface area contributed by atoms with Crippen LogP contribution >= 0.6 is 0 Å². The summed E-state index contributed by atoms with van der Waals surface area (Å²) in [5.41, 5.74) is 0.743. The number of likely N-dealkylation sites (N-methyl/N-ethyl adjacent to an activating group) is 1. The molecule has 4 heteroatoms. The first kappa shape index (κ1) is 18.8. The van der Waals surface area contributed by atoms with Crippen LogP contribution in [0.15, 0.2) is 24.4 Å². The number of hydrogen-bond acceptors (Lipinski definition) is 4. The summed E-state index contributed by atoms with van der Waals surface area (Å²) in [5, 5.41) is 10.9. The Morgan fingerprint density at radius 2 is 1.92 bits per heavy atom. The van der Waals surface area contributed by atoms with E-state index in [0.29, 0.717) is 6.04 Å². The summed E-state index contributed by atoms with van der Waals surface area (Å²) in [5.74, 6) is 0.785. The largest absolute Gasteiger partial charge is 0.389 e. The van der Waals surface area contributed by atoms with Gasteiger partial charge in [0.05, 0.1) is 5.60 Å². The molecule has 0 atom stereocenters. The van der Waals surface area contributed by atoms with Gasteiger partial charge in [-0.25, -0.2) is 0 Å². The normalized spacial score (nSPS) is 29.2. The van der Waals surface area contributed by atoms with Gasteiger partial charge in [-0.05, 0) is 76.7 Å². The molecule has 0 spiro atoms. The van der Waals surface area contributed by atoms with E-state index in [4.69, 9.17) is 0 Å². The molecule has 1 aromatic heterocycles. The average molecular weight is 346 g/mol. The minimum Gasteiger partial charge on any atom is -0.389 e. The van der Waals surface area contributed by atoms with E-state index in [-0.39, 0.29) is 0 Å². The first-order valence-electron chi connectivity index (χ1n) is 10.1. The Morgan fingerprint density at radius 3 is 2.56 bits per heavy atom. The number of rotatable bonds is 6. The predicted molar refractivity (Wildman–Crippen MR) is 103 cm³/mol. The molecule has 1 aliphatic heterocycles. The number of pyridine rings is 1. The molecule has 1 saturated heterocycles. The molecule has 0 bridgehead atoms. The minimum absolute atomic E-state index is 0.447. The maximum Gasteiger partial charge on any atom is 0.0774 e. The summed E-state index contributed by atoms with van der Waals surface area (Å²) in [6, 6.07) is 6.78. The lowest BCUT2D eigenvalue weighted by Gasteiger charge is -2.42. The molecular weight excluding hydrogens is 310 g/mol. The molecule has 1 saturated carbocycles. The highest BCUT2D eigenvalue weighted by Crippen LogP contribution is 2.33. The van der Waals surface area contributed by atoms with Crippen LogP contribution in [0, 0.1) is 5.92 Å². The molecule has 2 aliphatic rings. The van der Waals surface area contributed by atoms with Crippen LogP contribution in [0.25, 0.3) is 0 Å². The Balaban J connectivity index is 1.39. The number of piperidine rings is 1. The number of aromatic nitrogens is 1. The van der Waals surface area contributed by atoms with Crippen molar-refractivity contribution in [2.45, 2.75) is 63.5 Å². The van der Waals surface area contributed by atoms with Crippen molar-refractivity contribution in [3.63, 3.8) is 0 Å². The first-order chi connectivity index (χ1) is 12.0. The molecule has 140 valence electrons. The molecule has 1 aromatic rings. The molecule has 1 aliphatic carbocycles. The van der Waals surface area contributed by atoms with Gasteiger partial charge in [0.2, 0.25) is 0 Å². The van der Waals surface area contributed by atoms with Gasteiger partial charge < -0.3 is 14.9 Å². The van der Waals surface area contributed by atoms with E-state index in [1.165, 1.54) is 31.4 Å². The SMILES string of the molecule is CC1CCC(O)(CN(C)C2CCN(CCc3ccccn3)CC2)CC1. The molecule has 3 rings (SSSR count). The first-order valence-corrected chi connectivity index (χ1v) is 10.1. The second-order valence-electron chi connectivity index (χ2n) is 8.47. The fraction of sp³-hybridized carbons (Fsp3) is 0.762. The lowest BCUT2D eigenvalue weighted by atomic mass is 9.79. The second kappa shape index (κ2) is 8.61. The summed E-state index contributed by atoms with van der Waals surface area (Å²) < 4.78 is 0. The molecule has 2 fully saturated rings. The number of hydrogen-bond donors (Lipinski definition) is 1. The van der Waals surface area contributed by atoms with Crippen LogP contribution in [0.3, 0.4) is 0 Å². The van der Waals surface area contributed by atoms with Gasteiger partial charge in [0.25, 0.3) is 0 Å². The van der Waals surface area contributed by atoms with Crippen molar-refractivity contribution in [2.75, 3.05) is 33.2 Å². The highest BCUT2D eigenvalue weighted by molar-refractivity contribution is 5.03. The summed E-state index contributed by atoms with van der Waals surface area (Å²) in [7, 11) is 2.21. The lowest BCUT2D eigenvalue weighted by Crippen LogP contribution is -2.50. The zero-order valence-electron chi connectivity index (χ0n) is 16.0. The smallest absolute Gasteiger partial charge is 0.0774 e. The quantitative estimate of drug-likeness (QED) is 0.860. The van der Waals surface area contributed by atoms with Crippen LogP contribution in [0.4, 0.5) is 0 Å². The van der Waals surface area contributed by atoms with Crippen LogP contribution in [0.2, 0.25) is 0 Å². The van der Waals surface area contributed by atoms with Crippen molar-refractivity contribution in [1.82, 2.24) is 14.8 Å². The van der Waals surface area contributed by atoms with Gasteiger partial charge in [0.15, 0.2) is 0 Å². The predicted octanol–water partition coefficient (Wildman–Crippen LogP) is 2.96. The highest BCUT2D eigenvalue weighted by Gasteiger charge is 2.34.